The van der Waals surface area contributed by atoms with Gasteiger partial charge in [0.2, 0.25) is 0 Å². The normalized spacial score (nSPS) is 24.8. The standard InChI is InChI=1S/C34H47N5O7S2/c1-20(2)12-13-39(38-48(42,43)25-10-11-30-27(17-25)36-33(47-30)35-21(3)4)18-28(40)26(14-22-8-6-5-7-9-22)37-34(41)46-31-24-15-23-16-29(31)45-32(23)44-19-24/h5-11,17,20-21,23-24,26,28-29,31-32,38,40H,12-16,18-19H2,1-4H3,(H,35,36)(H,37,41)/t23?,24?,26-,28+,29?,31-,32?/m0/s1. The first-order valence-corrected chi connectivity index (χ1v) is 19.1. The highest BCUT2D eigenvalue weighted by molar-refractivity contribution is 7.89. The largest absolute Gasteiger partial charge is 0.443 e. The van der Waals surface area contributed by atoms with Crippen LogP contribution in [0, 0.1) is 17.8 Å². The number of nitrogens with one attached hydrogen (secondary N) is 3. The number of amides is 1. The fraction of sp³-hybridized carbons (Fsp3) is 0.588. The quantitative estimate of drug-likeness (QED) is 0.167. The predicted octanol–water partition coefficient (Wildman–Crippen LogP) is 4.51. The molecule has 7 atom stereocenters. The highest BCUT2D eigenvalue weighted by Crippen LogP contribution is 2.46. The molecule has 3 bridgehead atoms. The number of alkyl carbamates (subject to hydrolysis) is 1. The highest BCUT2D eigenvalue weighted by atomic mass is 32.2. The molecule has 2 aliphatic heterocycles. The molecule has 0 radical (unpaired) electrons. The van der Waals surface area contributed by atoms with Crippen LogP contribution in [0.3, 0.4) is 0 Å². The summed E-state index contributed by atoms with van der Waals surface area (Å²) < 4.78 is 46.0. The molecule has 4 unspecified atom stereocenters. The lowest BCUT2D eigenvalue weighted by molar-refractivity contribution is -0.153. The number of carbonyl (C=O) groups is 1. The van der Waals surface area contributed by atoms with Crippen LogP contribution in [0.5, 0.6) is 0 Å². The lowest BCUT2D eigenvalue weighted by Gasteiger charge is -2.37. The minimum atomic E-state index is -4.02. The summed E-state index contributed by atoms with van der Waals surface area (Å²) in [5.74, 6) is 0.693. The van der Waals surface area contributed by atoms with Crippen LogP contribution in [0.15, 0.2) is 53.4 Å². The van der Waals surface area contributed by atoms with Gasteiger partial charge < -0.3 is 30.0 Å². The number of rotatable bonds is 15. The molecular formula is C34H47N5O7S2. The molecule has 14 heteroatoms. The Bertz CT molecular complexity index is 1650. The zero-order chi connectivity index (χ0) is 34.0. The number of carbonyl (C=O) groups excluding carboxylic acids is 1. The van der Waals surface area contributed by atoms with E-state index in [1.807, 2.05) is 44.2 Å². The van der Waals surface area contributed by atoms with Gasteiger partial charge in [-0.15, -0.1) is 4.83 Å². The van der Waals surface area contributed by atoms with Crippen LogP contribution >= 0.6 is 11.3 Å². The van der Waals surface area contributed by atoms with Crippen molar-refractivity contribution in [2.75, 3.05) is 25.0 Å². The van der Waals surface area contributed by atoms with Crippen LogP contribution in [0.4, 0.5) is 9.93 Å². The van der Waals surface area contributed by atoms with E-state index in [1.165, 1.54) is 16.3 Å². The van der Waals surface area contributed by atoms with Gasteiger partial charge >= 0.3 is 6.09 Å². The molecule has 1 amide bonds. The fourth-order valence-corrected chi connectivity index (χ4v) is 8.85. The number of thiazole rings is 1. The van der Waals surface area contributed by atoms with Crippen molar-refractivity contribution >= 4 is 42.8 Å². The van der Waals surface area contributed by atoms with E-state index in [9.17, 15) is 18.3 Å². The lowest BCUT2D eigenvalue weighted by Crippen LogP contribution is -2.54. The number of aliphatic hydroxyl groups is 1. The number of aliphatic hydroxyl groups excluding tert-OH is 1. The number of sulfonamides is 1. The molecule has 1 aromatic heterocycles. The number of ether oxygens (including phenoxy) is 3. The van der Waals surface area contributed by atoms with Crippen molar-refractivity contribution in [3.05, 3.63) is 54.1 Å². The van der Waals surface area contributed by atoms with Crippen molar-refractivity contribution in [2.24, 2.45) is 17.8 Å². The van der Waals surface area contributed by atoms with E-state index >= 15 is 0 Å². The molecule has 3 heterocycles. The van der Waals surface area contributed by atoms with Crippen molar-refractivity contribution in [1.29, 1.82) is 0 Å². The number of hydrazine groups is 1. The molecule has 1 aliphatic carbocycles. The van der Waals surface area contributed by atoms with E-state index in [1.54, 1.807) is 18.2 Å². The second kappa shape index (κ2) is 15.0. The van der Waals surface area contributed by atoms with Gasteiger partial charge in [0.1, 0.15) is 6.10 Å². The summed E-state index contributed by atoms with van der Waals surface area (Å²) in [6, 6.07) is 13.8. The molecule has 2 saturated heterocycles. The van der Waals surface area contributed by atoms with Gasteiger partial charge in [0, 0.05) is 31.0 Å². The molecule has 2 aromatic carbocycles. The maximum absolute atomic E-state index is 13.7. The summed E-state index contributed by atoms with van der Waals surface area (Å²) in [5.41, 5.74) is 1.49. The van der Waals surface area contributed by atoms with E-state index in [0.29, 0.717) is 37.4 Å². The minimum Gasteiger partial charge on any atom is -0.443 e. The molecule has 1 saturated carbocycles. The van der Waals surface area contributed by atoms with Crippen molar-refractivity contribution < 1.29 is 32.5 Å². The highest BCUT2D eigenvalue weighted by Gasteiger charge is 2.53. The Hall–Kier alpha value is -2.85. The summed E-state index contributed by atoms with van der Waals surface area (Å²) in [7, 11) is -4.02. The third-order valence-corrected chi connectivity index (χ3v) is 11.5. The van der Waals surface area contributed by atoms with Gasteiger partial charge in [0.25, 0.3) is 10.0 Å². The Labute approximate surface area is 286 Å². The molecule has 3 fully saturated rings. The zero-order valence-electron chi connectivity index (χ0n) is 27.9. The Morgan fingerprint density at radius 3 is 2.67 bits per heavy atom. The molecule has 3 aromatic rings. The van der Waals surface area contributed by atoms with Crippen molar-refractivity contribution in [3.63, 3.8) is 0 Å². The number of benzene rings is 2. The summed E-state index contributed by atoms with van der Waals surface area (Å²) in [5, 5.41) is 20.1. The third kappa shape index (κ3) is 8.47. The monoisotopic (exact) mass is 701 g/mol. The Balaban J connectivity index is 1.17. The minimum absolute atomic E-state index is 0.0678. The van der Waals surface area contributed by atoms with Crippen LogP contribution in [0.1, 0.15) is 52.5 Å². The number of hydrogen-bond acceptors (Lipinski definition) is 11. The number of aromatic nitrogens is 1. The Kier molecular flexibility index (Phi) is 10.9. The van der Waals surface area contributed by atoms with Gasteiger partial charge in [0.05, 0.1) is 40.0 Å². The molecule has 3 aliphatic rings. The topological polar surface area (TPSA) is 151 Å². The molecule has 48 heavy (non-hydrogen) atoms. The van der Waals surface area contributed by atoms with Crippen LogP contribution in [0.25, 0.3) is 10.2 Å². The molecule has 262 valence electrons. The van der Waals surface area contributed by atoms with E-state index < -0.39 is 34.4 Å². The maximum atomic E-state index is 13.7. The van der Waals surface area contributed by atoms with Gasteiger partial charge in [-0.25, -0.2) is 23.2 Å². The van der Waals surface area contributed by atoms with E-state index in [-0.39, 0.29) is 41.7 Å². The van der Waals surface area contributed by atoms with Crippen LogP contribution in [-0.4, -0.2) is 86.0 Å². The second-order valence-corrected chi connectivity index (χ2v) is 16.6. The van der Waals surface area contributed by atoms with Crippen molar-refractivity contribution in [1.82, 2.24) is 20.1 Å². The van der Waals surface area contributed by atoms with Gasteiger partial charge in [-0.05, 0) is 69.2 Å². The summed E-state index contributed by atoms with van der Waals surface area (Å²) in [6.45, 7) is 8.91. The zero-order valence-corrected chi connectivity index (χ0v) is 29.5. The first-order chi connectivity index (χ1) is 22.9. The van der Waals surface area contributed by atoms with Gasteiger partial charge in [-0.1, -0.05) is 55.5 Å². The molecule has 12 nitrogen and oxygen atoms in total. The van der Waals surface area contributed by atoms with Crippen LogP contribution in [-0.2, 0) is 30.7 Å². The molecule has 4 N–H and O–H groups in total. The van der Waals surface area contributed by atoms with Crippen LogP contribution < -0.4 is 15.5 Å². The van der Waals surface area contributed by atoms with E-state index in [0.717, 1.165) is 28.2 Å². The average molecular weight is 702 g/mol. The molecule has 0 spiro atoms. The van der Waals surface area contributed by atoms with Gasteiger partial charge in [-0.2, -0.15) is 0 Å². The SMILES string of the molecule is CC(C)CCN(C[C@@H](O)[C@H](Cc1ccccc1)NC(=O)O[C@H]1C2COC3OC1CC3C2)NS(=O)(=O)c1ccc2sc(NC(C)C)nc2c1. The van der Waals surface area contributed by atoms with Gasteiger partial charge in [-0.3, -0.25) is 0 Å². The summed E-state index contributed by atoms with van der Waals surface area (Å²) in [6.07, 6.45) is 0.0483. The maximum Gasteiger partial charge on any atom is 0.407 e. The number of fused-ring (bicyclic) bond motifs is 3. The number of hydrogen-bond donors (Lipinski definition) is 4. The fourth-order valence-electron chi connectivity index (χ4n) is 6.73. The average Bonchev–Trinajstić information content (AvgIpc) is 3.57. The first-order valence-electron chi connectivity index (χ1n) is 16.8. The van der Waals surface area contributed by atoms with Crippen molar-refractivity contribution in [3.8, 4) is 0 Å². The van der Waals surface area contributed by atoms with E-state index in [2.05, 4.69) is 34.3 Å². The Morgan fingerprint density at radius 2 is 1.92 bits per heavy atom. The summed E-state index contributed by atoms with van der Waals surface area (Å²) >= 11 is 1.47. The Morgan fingerprint density at radius 1 is 1.12 bits per heavy atom. The smallest absolute Gasteiger partial charge is 0.407 e. The van der Waals surface area contributed by atoms with Gasteiger partial charge in [0.15, 0.2) is 11.4 Å². The van der Waals surface area contributed by atoms with E-state index in [4.69, 9.17) is 14.2 Å². The molecule has 6 rings (SSSR count). The predicted molar refractivity (Wildman–Crippen MR) is 184 cm³/mol. The summed E-state index contributed by atoms with van der Waals surface area (Å²) in [4.78, 5) is 20.7. The lowest BCUT2D eigenvalue weighted by atomic mass is 9.78. The molecular weight excluding hydrogens is 655 g/mol. The third-order valence-electron chi connectivity index (χ3n) is 9.16. The second-order valence-electron chi connectivity index (χ2n) is 13.9. The first kappa shape index (κ1) is 35.0. The number of anilines is 1. The van der Waals surface area contributed by atoms with Crippen molar-refractivity contribution in [2.45, 2.75) is 95.0 Å². The van der Waals surface area contributed by atoms with Crippen LogP contribution in [0.2, 0.25) is 0 Å². The number of nitrogens with zero attached hydrogens (tertiary/aromatic N) is 2.